The molecule has 6 nitrogen and oxygen atoms in total. The molecule has 0 saturated carbocycles. The number of quaternary nitrogens is 1. The lowest BCUT2D eigenvalue weighted by molar-refractivity contribution is -0.779. The molecule has 3 rings (SSSR count). The molecule has 2 heterocycles. The fourth-order valence-corrected chi connectivity index (χ4v) is 2.67. The van der Waals surface area contributed by atoms with Crippen molar-refractivity contribution in [3.63, 3.8) is 0 Å². The second kappa shape index (κ2) is 5.57. The number of imidazole rings is 1. The number of nitrogen functional groups attached to an aromatic ring is 1. The van der Waals surface area contributed by atoms with Crippen molar-refractivity contribution in [3.8, 4) is 0 Å². The van der Waals surface area contributed by atoms with Gasteiger partial charge in [-0.05, 0) is 0 Å². The van der Waals surface area contributed by atoms with Gasteiger partial charge < -0.3 is 10.7 Å². The lowest BCUT2D eigenvalue weighted by Gasteiger charge is -2.28. The number of nitrogens with one attached hydrogen (secondary N) is 2. The molecule has 0 spiro atoms. The fourth-order valence-electron chi connectivity index (χ4n) is 2.67. The third-order valence-electron chi connectivity index (χ3n) is 3.90. The maximum absolute atomic E-state index is 7.73. The van der Waals surface area contributed by atoms with Crippen LogP contribution in [-0.4, -0.2) is 33.2 Å². The van der Waals surface area contributed by atoms with Crippen LogP contribution in [0.1, 0.15) is 17.0 Å². The summed E-state index contributed by atoms with van der Waals surface area (Å²) in [6, 6.07) is 7.76. The van der Waals surface area contributed by atoms with Gasteiger partial charge in [-0.25, -0.2) is 14.5 Å². The quantitative estimate of drug-likeness (QED) is 0.445. The number of likely N-dealkylation sites (N-methyl/N-ethyl adjacent to an activating group) is 1. The van der Waals surface area contributed by atoms with Gasteiger partial charge in [0, 0.05) is 23.5 Å². The molecule has 1 aliphatic rings. The molecule has 1 aromatic carbocycles. The lowest BCUT2D eigenvalue weighted by atomic mass is 10.1. The van der Waals surface area contributed by atoms with Crippen LogP contribution in [0.15, 0.2) is 54.1 Å². The van der Waals surface area contributed by atoms with E-state index in [0.717, 1.165) is 22.8 Å². The zero-order chi connectivity index (χ0) is 15.6. The van der Waals surface area contributed by atoms with E-state index in [2.05, 4.69) is 28.2 Å². The largest absolute Gasteiger partial charge is 0.384 e. The Morgan fingerprint density at radius 2 is 2.18 bits per heavy atom. The van der Waals surface area contributed by atoms with Crippen molar-refractivity contribution in [1.82, 2.24) is 9.97 Å². The summed E-state index contributed by atoms with van der Waals surface area (Å²) in [7, 11) is 2.10. The summed E-state index contributed by atoms with van der Waals surface area (Å²) in [6.07, 6.45) is 8.10. The van der Waals surface area contributed by atoms with Crippen molar-refractivity contribution in [2.45, 2.75) is 13.0 Å². The van der Waals surface area contributed by atoms with Gasteiger partial charge in [0.1, 0.15) is 30.8 Å². The van der Waals surface area contributed by atoms with Crippen LogP contribution in [0.4, 0.5) is 0 Å². The van der Waals surface area contributed by atoms with E-state index in [4.69, 9.17) is 11.1 Å². The van der Waals surface area contributed by atoms with Crippen molar-refractivity contribution < 1.29 is 4.48 Å². The molecule has 1 atom stereocenters. The number of hydrogen-bond acceptors (Lipinski definition) is 3. The van der Waals surface area contributed by atoms with Crippen molar-refractivity contribution in [2.24, 2.45) is 10.7 Å². The highest BCUT2D eigenvalue weighted by atomic mass is 15.4. The molecule has 0 saturated heterocycles. The van der Waals surface area contributed by atoms with Crippen LogP contribution in [0.5, 0.6) is 0 Å². The number of nitrogens with zero attached hydrogens (tertiary/aromatic N) is 3. The van der Waals surface area contributed by atoms with Gasteiger partial charge >= 0.3 is 0 Å². The summed E-state index contributed by atoms with van der Waals surface area (Å²) in [5, 5.41) is 7.73. The van der Waals surface area contributed by atoms with Crippen LogP contribution < -0.4 is 5.73 Å². The number of H-pyrrole nitrogens is 1. The molecule has 22 heavy (non-hydrogen) atoms. The van der Waals surface area contributed by atoms with Gasteiger partial charge in [-0.15, -0.1) is 0 Å². The van der Waals surface area contributed by atoms with Crippen molar-refractivity contribution >= 4 is 11.7 Å². The smallest absolute Gasteiger partial charge is 0.215 e. The number of hydrogen-bond donors (Lipinski definition) is 3. The molecule has 2 aromatic rings. The van der Waals surface area contributed by atoms with E-state index in [1.807, 2.05) is 36.7 Å². The standard InChI is InChI=1S/C16H19N6/c1-22(11-12-4-2-3-5-13(12)16(17)18)9-8-21-15(22)10-14-19-6-7-20-14/h2-9H,10-11H2,1H3,(H3,17,18)(H,19,20)/q+1. The Balaban J connectivity index is 1.86. The highest BCUT2D eigenvalue weighted by molar-refractivity contribution is 5.96. The first-order valence-corrected chi connectivity index (χ1v) is 7.09. The van der Waals surface area contributed by atoms with Crippen LogP contribution in [0.3, 0.4) is 0 Å². The second-order valence-corrected chi connectivity index (χ2v) is 5.55. The average Bonchev–Trinajstić information content (AvgIpc) is 3.11. The second-order valence-electron chi connectivity index (χ2n) is 5.55. The Morgan fingerprint density at radius 1 is 1.36 bits per heavy atom. The normalized spacial score (nSPS) is 20.1. The summed E-state index contributed by atoms with van der Waals surface area (Å²) in [5.74, 6) is 2.00. The highest BCUT2D eigenvalue weighted by Gasteiger charge is 2.32. The first-order chi connectivity index (χ1) is 10.6. The van der Waals surface area contributed by atoms with Crippen LogP contribution in [0.25, 0.3) is 0 Å². The predicted octanol–water partition coefficient (Wildman–Crippen LogP) is 1.77. The molecule has 0 radical (unpaired) electrons. The molecule has 0 fully saturated rings. The van der Waals surface area contributed by atoms with Crippen molar-refractivity contribution in [1.29, 1.82) is 5.41 Å². The van der Waals surface area contributed by atoms with Gasteiger partial charge in [-0.2, -0.15) is 0 Å². The fraction of sp³-hybridized carbons (Fsp3) is 0.188. The summed E-state index contributed by atoms with van der Waals surface area (Å²) in [6.45, 7) is 0.700. The maximum Gasteiger partial charge on any atom is 0.215 e. The van der Waals surface area contributed by atoms with Gasteiger partial charge in [-0.1, -0.05) is 24.3 Å². The van der Waals surface area contributed by atoms with Crippen LogP contribution in [-0.2, 0) is 13.0 Å². The Bertz CT molecular complexity index is 744. The molecule has 0 bridgehead atoms. The number of amidine groups is 2. The highest BCUT2D eigenvalue weighted by Crippen LogP contribution is 2.22. The van der Waals surface area contributed by atoms with Gasteiger partial charge in [0.05, 0.1) is 13.2 Å². The van der Waals surface area contributed by atoms with E-state index in [-0.39, 0.29) is 5.84 Å². The first-order valence-electron chi connectivity index (χ1n) is 7.09. The van der Waals surface area contributed by atoms with Gasteiger partial charge in [-0.3, -0.25) is 5.41 Å². The number of aliphatic imine (C=N–C) groups is 1. The first kappa shape index (κ1) is 14.2. The molecule has 6 heteroatoms. The van der Waals surface area contributed by atoms with Gasteiger partial charge in [0.25, 0.3) is 0 Å². The summed E-state index contributed by atoms with van der Waals surface area (Å²) in [4.78, 5) is 11.9. The number of aromatic amines is 1. The Labute approximate surface area is 129 Å². The molecule has 0 amide bonds. The van der Waals surface area contributed by atoms with Gasteiger partial charge in [0.2, 0.25) is 5.84 Å². The minimum atomic E-state index is 0.0925. The molecule has 1 aromatic heterocycles. The Hall–Kier alpha value is -2.73. The monoisotopic (exact) mass is 295 g/mol. The number of benzene rings is 1. The van der Waals surface area contributed by atoms with E-state index in [1.54, 1.807) is 6.20 Å². The Morgan fingerprint density at radius 3 is 2.91 bits per heavy atom. The molecule has 1 aliphatic heterocycles. The van der Waals surface area contributed by atoms with E-state index in [9.17, 15) is 0 Å². The molecule has 1 unspecified atom stereocenters. The van der Waals surface area contributed by atoms with E-state index >= 15 is 0 Å². The summed E-state index contributed by atoms with van der Waals surface area (Å²) in [5.41, 5.74) is 7.50. The van der Waals surface area contributed by atoms with Crippen LogP contribution >= 0.6 is 0 Å². The SMILES string of the molecule is C[N+]1(Cc2ccccc2C(=N)N)C=CN=C1Cc1ncc[nH]1. The predicted molar refractivity (Wildman–Crippen MR) is 86.2 cm³/mol. The molecular weight excluding hydrogens is 276 g/mol. The van der Waals surface area contributed by atoms with Crippen molar-refractivity contribution in [2.75, 3.05) is 7.05 Å². The maximum atomic E-state index is 7.73. The number of nitrogens with two attached hydrogens (primary N) is 1. The van der Waals surface area contributed by atoms with E-state index in [0.29, 0.717) is 17.4 Å². The zero-order valence-electron chi connectivity index (χ0n) is 12.5. The lowest BCUT2D eigenvalue weighted by Crippen LogP contribution is -2.43. The summed E-state index contributed by atoms with van der Waals surface area (Å²) < 4.78 is 0.561. The molecule has 4 N–H and O–H groups in total. The van der Waals surface area contributed by atoms with E-state index < -0.39 is 0 Å². The zero-order valence-corrected chi connectivity index (χ0v) is 12.5. The number of rotatable bonds is 5. The van der Waals surface area contributed by atoms with E-state index in [1.165, 1.54) is 0 Å². The third-order valence-corrected chi connectivity index (χ3v) is 3.90. The minimum Gasteiger partial charge on any atom is -0.384 e. The Kier molecular flexibility index (Phi) is 3.60. The number of aromatic nitrogens is 2. The van der Waals surface area contributed by atoms with Crippen LogP contribution in [0.2, 0.25) is 0 Å². The van der Waals surface area contributed by atoms with Gasteiger partial charge in [0.15, 0.2) is 0 Å². The minimum absolute atomic E-state index is 0.0925. The van der Waals surface area contributed by atoms with Crippen molar-refractivity contribution in [3.05, 3.63) is 66.0 Å². The average molecular weight is 295 g/mol. The van der Waals surface area contributed by atoms with Crippen LogP contribution in [0, 0.1) is 5.41 Å². The molecule has 112 valence electrons. The third kappa shape index (κ3) is 2.68. The molecule has 0 aliphatic carbocycles. The topological polar surface area (TPSA) is 90.9 Å². The molecular formula is C16H19N6+. The summed E-state index contributed by atoms with van der Waals surface area (Å²) >= 11 is 0.